The van der Waals surface area contributed by atoms with Crippen molar-refractivity contribution in [1.82, 2.24) is 4.90 Å². The number of rotatable bonds is 2. The van der Waals surface area contributed by atoms with Crippen LogP contribution in [0.3, 0.4) is 0 Å². The lowest BCUT2D eigenvalue weighted by Crippen LogP contribution is -2.54. The van der Waals surface area contributed by atoms with Gasteiger partial charge >= 0.3 is 6.09 Å². The van der Waals surface area contributed by atoms with Crippen molar-refractivity contribution in [1.29, 1.82) is 5.26 Å². The van der Waals surface area contributed by atoms with E-state index in [0.29, 0.717) is 24.9 Å². The molecular formula is C16H26N2O2. The zero-order chi connectivity index (χ0) is 14.8. The average molecular weight is 278 g/mol. The highest BCUT2D eigenvalue weighted by Gasteiger charge is 2.41. The predicted molar refractivity (Wildman–Crippen MR) is 77.0 cm³/mol. The van der Waals surface area contributed by atoms with Crippen molar-refractivity contribution in [2.75, 3.05) is 13.1 Å². The van der Waals surface area contributed by atoms with Crippen LogP contribution in [0.15, 0.2) is 0 Å². The summed E-state index contributed by atoms with van der Waals surface area (Å²) in [5, 5.41) is 9.44. The van der Waals surface area contributed by atoms with E-state index in [1.165, 1.54) is 32.1 Å². The number of carbonyl (C=O) groups excluding carboxylic acids is 1. The second-order valence-corrected chi connectivity index (χ2v) is 7.20. The molecule has 1 amide bonds. The van der Waals surface area contributed by atoms with Crippen LogP contribution in [0.2, 0.25) is 0 Å². The van der Waals surface area contributed by atoms with Gasteiger partial charge in [0, 0.05) is 19.0 Å². The Morgan fingerprint density at radius 1 is 1.20 bits per heavy atom. The van der Waals surface area contributed by atoms with Gasteiger partial charge in [-0.25, -0.2) is 4.79 Å². The van der Waals surface area contributed by atoms with Gasteiger partial charge in [0.05, 0.1) is 12.0 Å². The summed E-state index contributed by atoms with van der Waals surface area (Å²) in [5.41, 5.74) is -0.444. The van der Waals surface area contributed by atoms with Gasteiger partial charge in [-0.3, -0.25) is 0 Å². The minimum atomic E-state index is -0.444. The smallest absolute Gasteiger partial charge is 0.410 e. The van der Waals surface area contributed by atoms with Crippen LogP contribution in [0.25, 0.3) is 0 Å². The van der Waals surface area contributed by atoms with Crippen molar-refractivity contribution in [2.45, 2.75) is 58.5 Å². The lowest BCUT2D eigenvalue weighted by Gasteiger charge is -2.44. The number of hydrogen-bond acceptors (Lipinski definition) is 3. The SMILES string of the molecule is CC(C)(C)OC(=O)N1CC(C(C#N)C2CCCCC2)C1. The Hall–Kier alpha value is -1.24. The number of ether oxygens (including phenoxy) is 1. The van der Waals surface area contributed by atoms with Crippen LogP contribution in [0.1, 0.15) is 52.9 Å². The molecule has 20 heavy (non-hydrogen) atoms. The predicted octanol–water partition coefficient (Wildman–Crippen LogP) is 3.57. The molecule has 2 aliphatic rings. The quantitative estimate of drug-likeness (QED) is 0.776. The normalized spacial score (nSPS) is 22.8. The summed E-state index contributed by atoms with van der Waals surface area (Å²) in [7, 11) is 0. The molecule has 0 bridgehead atoms. The number of hydrogen-bond donors (Lipinski definition) is 0. The summed E-state index contributed by atoms with van der Waals surface area (Å²) in [4.78, 5) is 13.6. The van der Waals surface area contributed by atoms with Gasteiger partial charge in [0.25, 0.3) is 0 Å². The van der Waals surface area contributed by atoms with Crippen LogP contribution in [-0.4, -0.2) is 29.7 Å². The van der Waals surface area contributed by atoms with Crippen LogP contribution in [0.5, 0.6) is 0 Å². The van der Waals surface area contributed by atoms with E-state index in [1.54, 1.807) is 4.90 Å². The van der Waals surface area contributed by atoms with Crippen LogP contribution >= 0.6 is 0 Å². The zero-order valence-corrected chi connectivity index (χ0v) is 12.9. The number of nitriles is 1. The first kappa shape index (κ1) is 15.2. The van der Waals surface area contributed by atoms with Gasteiger partial charge in [0.1, 0.15) is 5.60 Å². The van der Waals surface area contributed by atoms with Crippen molar-refractivity contribution in [3.63, 3.8) is 0 Å². The molecular weight excluding hydrogens is 252 g/mol. The second-order valence-electron chi connectivity index (χ2n) is 7.20. The lowest BCUT2D eigenvalue weighted by atomic mass is 9.72. The second kappa shape index (κ2) is 6.03. The van der Waals surface area contributed by atoms with E-state index in [9.17, 15) is 10.1 Å². The molecule has 0 aromatic heterocycles. The molecule has 1 saturated carbocycles. The number of nitrogens with zero attached hydrogens (tertiary/aromatic N) is 2. The zero-order valence-electron chi connectivity index (χ0n) is 12.9. The third kappa shape index (κ3) is 3.65. The fourth-order valence-electron chi connectivity index (χ4n) is 3.30. The molecule has 1 unspecified atom stereocenters. The molecule has 0 aromatic rings. The summed E-state index contributed by atoms with van der Waals surface area (Å²) in [6.07, 6.45) is 5.94. The third-order valence-electron chi connectivity index (χ3n) is 4.38. The summed E-state index contributed by atoms with van der Waals surface area (Å²) >= 11 is 0. The maximum absolute atomic E-state index is 11.9. The monoisotopic (exact) mass is 278 g/mol. The molecule has 112 valence electrons. The fraction of sp³-hybridized carbons (Fsp3) is 0.875. The topological polar surface area (TPSA) is 53.3 Å². The van der Waals surface area contributed by atoms with Crippen LogP contribution < -0.4 is 0 Å². The first-order valence-corrected chi connectivity index (χ1v) is 7.78. The molecule has 4 nitrogen and oxygen atoms in total. The van der Waals surface area contributed by atoms with E-state index in [0.717, 1.165) is 0 Å². The number of likely N-dealkylation sites (tertiary alicyclic amines) is 1. The van der Waals surface area contributed by atoms with Gasteiger partial charge in [-0.1, -0.05) is 19.3 Å². The number of amides is 1. The largest absolute Gasteiger partial charge is 0.444 e. The lowest BCUT2D eigenvalue weighted by molar-refractivity contribution is -0.0126. The van der Waals surface area contributed by atoms with Gasteiger partial charge in [-0.05, 0) is 39.5 Å². The van der Waals surface area contributed by atoms with Gasteiger partial charge in [0.15, 0.2) is 0 Å². The first-order chi connectivity index (χ1) is 9.40. The number of carbonyl (C=O) groups is 1. The molecule has 4 heteroatoms. The van der Waals surface area contributed by atoms with Crippen molar-refractivity contribution >= 4 is 6.09 Å². The van der Waals surface area contributed by atoms with Crippen LogP contribution in [-0.2, 0) is 4.74 Å². The fourth-order valence-corrected chi connectivity index (χ4v) is 3.30. The summed E-state index contributed by atoms with van der Waals surface area (Å²) in [6.45, 7) is 7.00. The third-order valence-corrected chi connectivity index (χ3v) is 4.38. The first-order valence-electron chi connectivity index (χ1n) is 7.78. The molecule has 0 N–H and O–H groups in total. The minimum Gasteiger partial charge on any atom is -0.444 e. The van der Waals surface area contributed by atoms with Gasteiger partial charge in [-0.15, -0.1) is 0 Å². The van der Waals surface area contributed by atoms with Gasteiger partial charge in [0.2, 0.25) is 0 Å². The molecule has 2 fully saturated rings. The standard InChI is InChI=1S/C16H26N2O2/c1-16(2,3)20-15(19)18-10-13(11-18)14(9-17)12-7-5-4-6-8-12/h12-14H,4-8,10-11H2,1-3H3. The average Bonchev–Trinajstić information content (AvgIpc) is 2.31. The Morgan fingerprint density at radius 3 is 2.30 bits per heavy atom. The Morgan fingerprint density at radius 2 is 1.80 bits per heavy atom. The Kier molecular flexibility index (Phi) is 4.57. The molecule has 0 aromatic carbocycles. The molecule has 1 atom stereocenters. The van der Waals surface area contributed by atoms with E-state index >= 15 is 0 Å². The Labute approximate surface area is 122 Å². The molecule has 1 saturated heterocycles. The van der Waals surface area contributed by atoms with Crippen molar-refractivity contribution < 1.29 is 9.53 Å². The molecule has 1 aliphatic carbocycles. The van der Waals surface area contributed by atoms with E-state index in [2.05, 4.69) is 6.07 Å². The van der Waals surface area contributed by atoms with Crippen molar-refractivity contribution in [2.24, 2.45) is 17.8 Å². The van der Waals surface area contributed by atoms with Crippen LogP contribution in [0.4, 0.5) is 4.79 Å². The van der Waals surface area contributed by atoms with E-state index in [1.807, 2.05) is 20.8 Å². The van der Waals surface area contributed by atoms with Crippen molar-refractivity contribution in [3.05, 3.63) is 0 Å². The molecule has 0 spiro atoms. The highest BCUT2D eigenvalue weighted by molar-refractivity contribution is 5.69. The van der Waals surface area contributed by atoms with Gasteiger partial charge in [-0.2, -0.15) is 5.26 Å². The van der Waals surface area contributed by atoms with Crippen LogP contribution in [0, 0.1) is 29.1 Å². The molecule has 0 radical (unpaired) electrons. The molecule has 1 aliphatic heterocycles. The highest BCUT2D eigenvalue weighted by Crippen LogP contribution is 2.37. The van der Waals surface area contributed by atoms with E-state index in [-0.39, 0.29) is 12.0 Å². The maximum atomic E-state index is 11.9. The maximum Gasteiger partial charge on any atom is 0.410 e. The summed E-state index contributed by atoms with van der Waals surface area (Å²) in [6, 6.07) is 2.50. The molecule has 1 heterocycles. The van der Waals surface area contributed by atoms with E-state index in [4.69, 9.17) is 4.74 Å². The molecule has 2 rings (SSSR count). The van der Waals surface area contributed by atoms with E-state index < -0.39 is 5.60 Å². The summed E-state index contributed by atoms with van der Waals surface area (Å²) < 4.78 is 5.35. The summed E-state index contributed by atoms with van der Waals surface area (Å²) in [5.74, 6) is 1.00. The Balaban J connectivity index is 1.82. The minimum absolute atomic E-state index is 0.119. The van der Waals surface area contributed by atoms with Gasteiger partial charge < -0.3 is 9.64 Å². The Bertz CT molecular complexity index is 382. The van der Waals surface area contributed by atoms with Crippen molar-refractivity contribution in [3.8, 4) is 6.07 Å². The highest BCUT2D eigenvalue weighted by atomic mass is 16.6.